The molecule has 0 saturated heterocycles. The summed E-state index contributed by atoms with van der Waals surface area (Å²) in [5.74, 6) is 3.26. The molecule has 1 atom stereocenters. The molecule has 1 unspecified atom stereocenters. The fraction of sp³-hybridized carbons (Fsp3) is 0.308. The lowest BCUT2D eigenvalue weighted by Crippen LogP contribution is -2.22. The van der Waals surface area contributed by atoms with Gasteiger partial charge in [0, 0.05) is 0 Å². The van der Waals surface area contributed by atoms with Crippen LogP contribution in [0.2, 0.25) is 0 Å². The van der Waals surface area contributed by atoms with E-state index in [9.17, 15) is 0 Å². The predicted octanol–water partition coefficient (Wildman–Crippen LogP) is 2.34. The summed E-state index contributed by atoms with van der Waals surface area (Å²) in [6.07, 6.45) is -0.372. The molecule has 0 N–H and O–H groups in total. The average Bonchev–Trinajstić information content (AvgIpc) is 2.96. The van der Waals surface area contributed by atoms with Gasteiger partial charge in [0.2, 0.25) is 11.7 Å². The predicted molar refractivity (Wildman–Crippen MR) is 71.4 cm³/mol. The van der Waals surface area contributed by atoms with Gasteiger partial charge >= 0.3 is 0 Å². The number of hydrogen-bond acceptors (Lipinski definition) is 7. The van der Waals surface area contributed by atoms with Crippen LogP contribution in [0.4, 0.5) is 0 Å². The molecule has 1 aromatic heterocycles. The smallest absolute Gasteiger partial charge is 0.236 e. The maximum atomic E-state index is 8.47. The minimum absolute atomic E-state index is 0.349. The summed E-state index contributed by atoms with van der Waals surface area (Å²) in [5.41, 5.74) is 0. The van der Waals surface area contributed by atoms with E-state index in [0.29, 0.717) is 35.6 Å². The van der Waals surface area contributed by atoms with Crippen molar-refractivity contribution in [1.82, 2.24) is 10.1 Å². The van der Waals surface area contributed by atoms with Crippen molar-refractivity contribution in [2.45, 2.75) is 11.9 Å². The van der Waals surface area contributed by atoms with Crippen molar-refractivity contribution >= 4 is 11.8 Å². The number of aromatic nitrogens is 2. The van der Waals surface area contributed by atoms with Crippen molar-refractivity contribution in [3.05, 3.63) is 36.0 Å². The second-order valence-corrected chi connectivity index (χ2v) is 5.05. The van der Waals surface area contributed by atoms with Crippen molar-refractivity contribution in [2.24, 2.45) is 0 Å². The summed E-state index contributed by atoms with van der Waals surface area (Å²) >= 11 is 1.43. The maximum Gasteiger partial charge on any atom is 0.236 e. The molecular weight excluding hydrogens is 278 g/mol. The summed E-state index contributed by atoms with van der Waals surface area (Å²) in [4.78, 5) is 4.27. The summed E-state index contributed by atoms with van der Waals surface area (Å²) in [6, 6.07) is 9.51. The van der Waals surface area contributed by atoms with E-state index in [1.54, 1.807) is 0 Å². The van der Waals surface area contributed by atoms with Gasteiger partial charge in [0.1, 0.15) is 6.61 Å². The number of fused-ring (bicyclic) bond motifs is 1. The highest BCUT2D eigenvalue weighted by molar-refractivity contribution is 7.98. The van der Waals surface area contributed by atoms with E-state index in [1.165, 1.54) is 11.8 Å². The van der Waals surface area contributed by atoms with Gasteiger partial charge < -0.3 is 14.0 Å². The van der Waals surface area contributed by atoms with E-state index in [0.717, 1.165) is 5.75 Å². The van der Waals surface area contributed by atoms with Crippen molar-refractivity contribution in [3.8, 4) is 17.6 Å². The molecular formula is C13H11N3O3S. The van der Waals surface area contributed by atoms with Crippen molar-refractivity contribution < 1.29 is 14.0 Å². The van der Waals surface area contributed by atoms with Crippen LogP contribution < -0.4 is 9.47 Å². The van der Waals surface area contributed by atoms with Crippen LogP contribution in [0, 0.1) is 11.3 Å². The second-order valence-electron chi connectivity index (χ2n) is 4.06. The van der Waals surface area contributed by atoms with E-state index >= 15 is 0 Å². The molecule has 1 aliphatic heterocycles. The van der Waals surface area contributed by atoms with E-state index in [2.05, 4.69) is 10.1 Å². The van der Waals surface area contributed by atoms with Gasteiger partial charge in [0.15, 0.2) is 17.6 Å². The monoisotopic (exact) mass is 289 g/mol. The van der Waals surface area contributed by atoms with Gasteiger partial charge in [0.05, 0.1) is 17.6 Å². The topological polar surface area (TPSA) is 81.2 Å². The standard InChI is InChI=1S/C13H11N3O3S/c14-5-6-20-8-12-15-13(16-19-12)11-7-17-9-3-1-2-4-10(9)18-11/h1-4,11H,6-8H2. The van der Waals surface area contributed by atoms with Gasteiger partial charge in [-0.2, -0.15) is 10.2 Å². The minimum atomic E-state index is -0.372. The highest BCUT2D eigenvalue weighted by Gasteiger charge is 2.26. The number of nitriles is 1. The Morgan fingerprint density at radius 3 is 3.05 bits per heavy atom. The Hall–Kier alpha value is -2.20. The van der Waals surface area contributed by atoms with Crippen LogP contribution >= 0.6 is 11.8 Å². The normalized spacial score (nSPS) is 16.6. The Kier molecular flexibility index (Phi) is 3.74. The molecule has 3 rings (SSSR count). The fourth-order valence-electron chi connectivity index (χ4n) is 1.79. The quantitative estimate of drug-likeness (QED) is 0.799. The van der Waals surface area contributed by atoms with Gasteiger partial charge in [-0.3, -0.25) is 0 Å². The first kappa shape index (κ1) is 12.8. The maximum absolute atomic E-state index is 8.47. The number of thioether (sulfide) groups is 1. The summed E-state index contributed by atoms with van der Waals surface area (Å²) < 4.78 is 16.5. The molecule has 0 spiro atoms. The minimum Gasteiger partial charge on any atom is -0.485 e. The van der Waals surface area contributed by atoms with Crippen LogP contribution in [0.25, 0.3) is 0 Å². The molecule has 7 heteroatoms. The molecule has 1 aliphatic rings. The third kappa shape index (κ3) is 2.70. The molecule has 0 saturated carbocycles. The van der Waals surface area contributed by atoms with E-state index in [4.69, 9.17) is 19.3 Å². The van der Waals surface area contributed by atoms with E-state index in [1.807, 2.05) is 30.3 Å². The first-order valence-electron chi connectivity index (χ1n) is 6.02. The molecule has 0 aliphatic carbocycles. The molecule has 0 bridgehead atoms. The lowest BCUT2D eigenvalue weighted by Gasteiger charge is -2.24. The highest BCUT2D eigenvalue weighted by Crippen LogP contribution is 2.35. The van der Waals surface area contributed by atoms with Gasteiger partial charge in [-0.1, -0.05) is 17.3 Å². The van der Waals surface area contributed by atoms with Crippen molar-refractivity contribution in [3.63, 3.8) is 0 Å². The van der Waals surface area contributed by atoms with Crippen LogP contribution in [-0.4, -0.2) is 22.5 Å². The number of para-hydroxylation sites is 2. The Morgan fingerprint density at radius 2 is 2.20 bits per heavy atom. The van der Waals surface area contributed by atoms with Crippen LogP contribution in [-0.2, 0) is 5.75 Å². The molecule has 2 aromatic rings. The van der Waals surface area contributed by atoms with Gasteiger partial charge in [-0.25, -0.2) is 0 Å². The van der Waals surface area contributed by atoms with E-state index < -0.39 is 0 Å². The third-order valence-corrected chi connectivity index (χ3v) is 3.46. The largest absolute Gasteiger partial charge is 0.485 e. The van der Waals surface area contributed by atoms with Crippen LogP contribution in [0.15, 0.2) is 28.8 Å². The average molecular weight is 289 g/mol. The summed E-state index contributed by atoms with van der Waals surface area (Å²) in [6.45, 7) is 0.349. The first-order valence-corrected chi connectivity index (χ1v) is 7.18. The molecule has 0 amide bonds. The van der Waals surface area contributed by atoms with E-state index in [-0.39, 0.29) is 6.10 Å². The fourth-order valence-corrected chi connectivity index (χ4v) is 2.27. The van der Waals surface area contributed by atoms with Gasteiger partial charge in [0.25, 0.3) is 0 Å². The number of hydrogen-bond donors (Lipinski definition) is 0. The van der Waals surface area contributed by atoms with Crippen LogP contribution in [0.3, 0.4) is 0 Å². The SMILES string of the molecule is N#CCSCc1nc(C2COc3ccccc3O2)no1. The number of ether oxygens (including phenoxy) is 2. The zero-order valence-corrected chi connectivity index (χ0v) is 11.3. The number of rotatable bonds is 4. The summed E-state index contributed by atoms with van der Waals surface area (Å²) in [7, 11) is 0. The Morgan fingerprint density at radius 1 is 1.35 bits per heavy atom. The second kappa shape index (κ2) is 5.84. The first-order chi connectivity index (χ1) is 9.86. The number of benzene rings is 1. The molecule has 1 aromatic carbocycles. The van der Waals surface area contributed by atoms with Crippen LogP contribution in [0.5, 0.6) is 11.5 Å². The van der Waals surface area contributed by atoms with Crippen molar-refractivity contribution in [2.75, 3.05) is 12.4 Å². The molecule has 6 nitrogen and oxygen atoms in total. The van der Waals surface area contributed by atoms with Gasteiger partial charge in [-0.15, -0.1) is 11.8 Å². The Balaban J connectivity index is 1.67. The lowest BCUT2D eigenvalue weighted by molar-refractivity contribution is 0.0832. The molecule has 0 radical (unpaired) electrons. The van der Waals surface area contributed by atoms with Crippen molar-refractivity contribution in [1.29, 1.82) is 5.26 Å². The third-order valence-electron chi connectivity index (χ3n) is 2.67. The Labute approximate surface area is 119 Å². The summed E-state index contributed by atoms with van der Waals surface area (Å²) in [5, 5.41) is 12.4. The van der Waals surface area contributed by atoms with Crippen LogP contribution in [0.1, 0.15) is 17.8 Å². The number of nitrogens with zero attached hydrogens (tertiary/aromatic N) is 3. The highest BCUT2D eigenvalue weighted by atomic mass is 32.2. The zero-order valence-electron chi connectivity index (χ0n) is 10.5. The molecule has 2 heterocycles. The Bertz CT molecular complexity index is 638. The van der Waals surface area contributed by atoms with Gasteiger partial charge in [-0.05, 0) is 12.1 Å². The molecule has 0 fully saturated rings. The zero-order chi connectivity index (χ0) is 13.8. The lowest BCUT2D eigenvalue weighted by atomic mass is 10.2. The molecule has 20 heavy (non-hydrogen) atoms. The molecule has 102 valence electrons.